The Morgan fingerprint density at radius 2 is 1.91 bits per heavy atom. The summed E-state index contributed by atoms with van der Waals surface area (Å²) in [5, 5.41) is 0. The maximum atomic E-state index is 5.57. The van der Waals surface area contributed by atoms with Gasteiger partial charge in [-0.2, -0.15) is 0 Å². The molecule has 0 unspecified atom stereocenters. The number of rotatable bonds is 2. The Hall–Kier alpha value is 0.0800. The summed E-state index contributed by atoms with van der Waals surface area (Å²) in [6.07, 6.45) is 0.671. The van der Waals surface area contributed by atoms with Gasteiger partial charge in [0.15, 0.2) is 0 Å². The van der Waals surface area contributed by atoms with Crippen LogP contribution in [0.5, 0.6) is 0 Å². The molecular weight excluding hydrogens is 244 g/mol. The molecule has 1 aromatic carbocycles. The van der Waals surface area contributed by atoms with E-state index in [1.54, 1.807) is 0 Å². The van der Waals surface area contributed by atoms with E-state index in [-0.39, 0.29) is 0 Å². The molecule has 0 nitrogen and oxygen atoms in total. The lowest BCUT2D eigenvalue weighted by Gasteiger charge is -1.96. The van der Waals surface area contributed by atoms with Crippen LogP contribution in [0, 0.1) is 0 Å². The van der Waals surface area contributed by atoms with Crippen molar-refractivity contribution < 1.29 is 0 Å². The second-order valence-electron chi connectivity index (χ2n) is 2.16. The maximum absolute atomic E-state index is 5.57. The molecule has 3 heteroatoms. The average molecular weight is 250 g/mol. The van der Waals surface area contributed by atoms with Crippen molar-refractivity contribution in [1.82, 2.24) is 0 Å². The first-order valence-corrected chi connectivity index (χ1v) is 4.69. The first-order valence-electron chi connectivity index (χ1n) is 3.11. The minimum Gasteiger partial charge on any atom is -0.0761 e. The maximum Gasteiger partial charge on any atom is 0.0852 e. The molecule has 0 atom stereocenters. The van der Waals surface area contributed by atoms with E-state index in [1.165, 1.54) is 0 Å². The lowest BCUT2D eigenvalue weighted by molar-refractivity contribution is 1.36. The molecule has 0 aliphatic rings. The minimum atomic E-state index is 0.507. The highest BCUT2D eigenvalue weighted by atomic mass is 79.9. The third-order valence-corrected chi connectivity index (χ3v) is 2.06. The van der Waals surface area contributed by atoms with Crippen molar-refractivity contribution in [3.05, 3.63) is 34.3 Å². The Morgan fingerprint density at radius 1 is 1.36 bits per heavy atom. The van der Waals surface area contributed by atoms with Gasteiger partial charge in [-0.3, -0.25) is 0 Å². The molecule has 0 bridgehead atoms. The zero-order valence-corrected chi connectivity index (χ0v) is 8.84. The number of hydrogen-bond acceptors (Lipinski definition) is 1. The summed E-state index contributed by atoms with van der Waals surface area (Å²) in [7, 11) is 0. The van der Waals surface area contributed by atoms with Gasteiger partial charge in [-0.15, -0.1) is 0 Å². The summed E-state index contributed by atoms with van der Waals surface area (Å²) in [5.74, 6) is 0. The van der Waals surface area contributed by atoms with E-state index in [1.807, 2.05) is 24.3 Å². The van der Waals surface area contributed by atoms with Gasteiger partial charge in [-0.1, -0.05) is 51.9 Å². The Kier molecular flexibility index (Phi) is 3.49. The van der Waals surface area contributed by atoms with E-state index >= 15 is 0 Å². The van der Waals surface area contributed by atoms with Crippen molar-refractivity contribution in [3.8, 4) is 0 Å². The average Bonchev–Trinajstić information content (AvgIpc) is 1.93. The second kappa shape index (κ2) is 4.19. The van der Waals surface area contributed by atoms with Gasteiger partial charge in [0.2, 0.25) is 0 Å². The molecule has 58 valence electrons. The van der Waals surface area contributed by atoms with Crippen LogP contribution in [0.3, 0.4) is 0 Å². The van der Waals surface area contributed by atoms with Gasteiger partial charge in [0.1, 0.15) is 0 Å². The monoisotopic (exact) mass is 248 g/mol. The molecule has 0 saturated heterocycles. The first-order chi connectivity index (χ1) is 5.18. The molecular formula is C8H6BrClS. The normalized spacial score (nSPS) is 9.64. The van der Waals surface area contributed by atoms with Crippen LogP contribution in [0.15, 0.2) is 28.7 Å². The van der Waals surface area contributed by atoms with Crippen molar-refractivity contribution >= 4 is 44.1 Å². The molecule has 0 radical (unpaired) electrons. The summed E-state index contributed by atoms with van der Waals surface area (Å²) in [4.78, 5) is 0. The lowest BCUT2D eigenvalue weighted by atomic mass is 10.2. The van der Waals surface area contributed by atoms with Crippen LogP contribution in [-0.2, 0) is 6.42 Å². The molecule has 0 saturated carbocycles. The Bertz CT molecular complexity index is 255. The summed E-state index contributed by atoms with van der Waals surface area (Å²) < 4.78 is 1.58. The van der Waals surface area contributed by atoms with E-state index in [4.69, 9.17) is 23.8 Å². The largest absolute Gasteiger partial charge is 0.0852 e. The van der Waals surface area contributed by atoms with Crippen LogP contribution in [0.1, 0.15) is 5.56 Å². The highest BCUT2D eigenvalue weighted by Crippen LogP contribution is 2.11. The fraction of sp³-hybridized carbons (Fsp3) is 0.125. The van der Waals surface area contributed by atoms with E-state index in [0.29, 0.717) is 10.7 Å². The zero-order chi connectivity index (χ0) is 8.27. The van der Waals surface area contributed by atoms with Gasteiger partial charge in [-0.05, 0) is 17.7 Å². The number of halogens is 2. The topological polar surface area (TPSA) is 0 Å². The molecule has 0 N–H and O–H groups in total. The molecule has 11 heavy (non-hydrogen) atoms. The van der Waals surface area contributed by atoms with Crippen LogP contribution >= 0.6 is 39.7 Å². The second-order valence-corrected chi connectivity index (χ2v) is 4.25. The van der Waals surface area contributed by atoms with Crippen molar-refractivity contribution in [1.29, 1.82) is 0 Å². The molecule has 0 amide bonds. The summed E-state index contributed by atoms with van der Waals surface area (Å²) in [5.41, 5.74) is 1.15. The van der Waals surface area contributed by atoms with Crippen LogP contribution in [0.2, 0.25) is 0 Å². The van der Waals surface area contributed by atoms with Gasteiger partial charge in [0.25, 0.3) is 0 Å². The van der Waals surface area contributed by atoms with Gasteiger partial charge in [0, 0.05) is 10.9 Å². The molecule has 1 rings (SSSR count). The summed E-state index contributed by atoms with van der Waals surface area (Å²) >= 11 is 13.7. The molecule has 0 heterocycles. The van der Waals surface area contributed by atoms with Gasteiger partial charge < -0.3 is 0 Å². The Balaban J connectivity index is 2.74. The van der Waals surface area contributed by atoms with Crippen molar-refractivity contribution in [2.45, 2.75) is 6.42 Å². The fourth-order valence-corrected chi connectivity index (χ4v) is 1.35. The molecule has 0 aromatic heterocycles. The third kappa shape index (κ3) is 3.32. The van der Waals surface area contributed by atoms with E-state index in [2.05, 4.69) is 15.9 Å². The fourth-order valence-electron chi connectivity index (χ4n) is 0.763. The standard InChI is InChI=1S/C8H6BrClS/c9-7-3-1-6(2-4-7)5-8(10)11/h1-4H,5H2. The van der Waals surface area contributed by atoms with Gasteiger partial charge >= 0.3 is 0 Å². The van der Waals surface area contributed by atoms with Gasteiger partial charge in [-0.25, -0.2) is 0 Å². The summed E-state index contributed by atoms with van der Waals surface area (Å²) in [6, 6.07) is 7.95. The molecule has 0 fully saturated rings. The van der Waals surface area contributed by atoms with Crippen LogP contribution < -0.4 is 0 Å². The number of thiocarbonyl (C=S) groups is 1. The summed E-state index contributed by atoms with van der Waals surface area (Å²) in [6.45, 7) is 0. The lowest BCUT2D eigenvalue weighted by Crippen LogP contribution is -1.89. The van der Waals surface area contributed by atoms with Crippen LogP contribution in [0.4, 0.5) is 0 Å². The molecule has 1 aromatic rings. The van der Waals surface area contributed by atoms with Crippen molar-refractivity contribution in [2.24, 2.45) is 0 Å². The van der Waals surface area contributed by atoms with E-state index < -0.39 is 0 Å². The highest BCUT2D eigenvalue weighted by Gasteiger charge is 1.94. The van der Waals surface area contributed by atoms with Crippen LogP contribution in [0.25, 0.3) is 0 Å². The third-order valence-electron chi connectivity index (χ3n) is 1.26. The number of benzene rings is 1. The van der Waals surface area contributed by atoms with Gasteiger partial charge in [0.05, 0.1) is 4.32 Å². The Morgan fingerprint density at radius 3 is 2.36 bits per heavy atom. The predicted molar refractivity (Wildman–Crippen MR) is 56.3 cm³/mol. The van der Waals surface area contributed by atoms with Crippen LogP contribution in [-0.4, -0.2) is 4.32 Å². The quantitative estimate of drug-likeness (QED) is 0.570. The molecule has 0 spiro atoms. The predicted octanol–water partition coefficient (Wildman–Crippen LogP) is 3.56. The SMILES string of the molecule is S=C(Cl)Cc1ccc(Br)cc1. The smallest absolute Gasteiger partial charge is 0.0761 e. The highest BCUT2D eigenvalue weighted by molar-refractivity contribution is 9.10. The van der Waals surface area contributed by atoms with E-state index in [9.17, 15) is 0 Å². The molecule has 0 aliphatic carbocycles. The zero-order valence-electron chi connectivity index (χ0n) is 5.68. The number of hydrogen-bond donors (Lipinski definition) is 0. The van der Waals surface area contributed by atoms with Crippen molar-refractivity contribution in [2.75, 3.05) is 0 Å². The minimum absolute atomic E-state index is 0.507. The van der Waals surface area contributed by atoms with E-state index in [0.717, 1.165) is 10.0 Å². The Labute approximate surface area is 84.7 Å². The molecule has 0 aliphatic heterocycles. The van der Waals surface area contributed by atoms with Crippen molar-refractivity contribution in [3.63, 3.8) is 0 Å². The first kappa shape index (κ1) is 9.17.